The van der Waals surface area contributed by atoms with Crippen LogP contribution >= 0.6 is 11.3 Å². The second kappa shape index (κ2) is 7.99. The number of amides is 1. The summed E-state index contributed by atoms with van der Waals surface area (Å²) in [6.45, 7) is 4.76. The number of ether oxygens (including phenoxy) is 1. The summed E-state index contributed by atoms with van der Waals surface area (Å²) in [4.78, 5) is 13.1. The fourth-order valence-corrected chi connectivity index (χ4v) is 3.19. The van der Waals surface area contributed by atoms with Crippen molar-refractivity contribution in [2.24, 2.45) is 0 Å². The molecule has 1 N–H and O–H groups in total. The van der Waals surface area contributed by atoms with Gasteiger partial charge in [-0.15, -0.1) is 11.3 Å². The predicted molar refractivity (Wildman–Crippen MR) is 104 cm³/mol. The molecule has 3 rings (SSSR count). The Bertz CT molecular complexity index is 823. The molecule has 128 valence electrons. The number of anilines is 1. The molecule has 0 bridgehead atoms. The maximum atomic E-state index is 12.4. The zero-order chi connectivity index (χ0) is 17.6. The molecule has 3 aromatic rings. The highest BCUT2D eigenvalue weighted by Gasteiger charge is 2.10. The van der Waals surface area contributed by atoms with Crippen molar-refractivity contribution in [3.63, 3.8) is 0 Å². The van der Waals surface area contributed by atoms with Gasteiger partial charge >= 0.3 is 0 Å². The number of thiophene rings is 1. The molecule has 0 fully saturated rings. The number of rotatable bonds is 6. The molecular weight excluding hydrogens is 330 g/mol. The van der Waals surface area contributed by atoms with Crippen molar-refractivity contribution < 1.29 is 9.53 Å². The third-order valence-corrected chi connectivity index (χ3v) is 4.84. The molecule has 0 aliphatic carbocycles. The van der Waals surface area contributed by atoms with Gasteiger partial charge in [-0.25, -0.2) is 0 Å². The SMILES string of the molecule is CC(C)c1ccc(NC(=O)c2cc(COc3ccccc3)cs2)cc1. The van der Waals surface area contributed by atoms with Crippen molar-refractivity contribution in [2.45, 2.75) is 26.4 Å². The summed E-state index contributed by atoms with van der Waals surface area (Å²) < 4.78 is 5.71. The molecule has 3 nitrogen and oxygen atoms in total. The summed E-state index contributed by atoms with van der Waals surface area (Å²) in [5.74, 6) is 1.22. The third-order valence-electron chi connectivity index (χ3n) is 3.86. The molecular formula is C21H21NO2S. The average Bonchev–Trinajstić information content (AvgIpc) is 3.10. The molecule has 0 radical (unpaired) electrons. The minimum atomic E-state index is -0.0896. The summed E-state index contributed by atoms with van der Waals surface area (Å²) in [5, 5.41) is 4.90. The van der Waals surface area contributed by atoms with E-state index in [1.54, 1.807) is 0 Å². The van der Waals surface area contributed by atoms with E-state index >= 15 is 0 Å². The molecule has 0 saturated carbocycles. The monoisotopic (exact) mass is 351 g/mol. The lowest BCUT2D eigenvalue weighted by molar-refractivity contribution is 0.103. The van der Waals surface area contributed by atoms with Crippen molar-refractivity contribution in [1.82, 2.24) is 0 Å². The van der Waals surface area contributed by atoms with Gasteiger partial charge in [-0.2, -0.15) is 0 Å². The maximum Gasteiger partial charge on any atom is 0.265 e. The molecule has 1 heterocycles. The molecule has 0 saturated heterocycles. The van der Waals surface area contributed by atoms with Crippen molar-refractivity contribution in [3.05, 3.63) is 82.0 Å². The number of nitrogens with one attached hydrogen (secondary N) is 1. The Morgan fingerprint density at radius 2 is 1.80 bits per heavy atom. The number of benzene rings is 2. The van der Waals surface area contributed by atoms with Crippen LogP contribution in [0.3, 0.4) is 0 Å². The van der Waals surface area contributed by atoms with Gasteiger partial charge in [-0.05, 0) is 47.2 Å². The van der Waals surface area contributed by atoms with Gasteiger partial charge in [0.2, 0.25) is 0 Å². The van der Waals surface area contributed by atoms with Gasteiger partial charge in [0.05, 0.1) is 4.88 Å². The highest BCUT2D eigenvalue weighted by atomic mass is 32.1. The molecule has 0 aliphatic heterocycles. The van der Waals surface area contributed by atoms with Gasteiger partial charge in [0.25, 0.3) is 5.91 Å². The third kappa shape index (κ3) is 4.70. The van der Waals surface area contributed by atoms with Gasteiger partial charge < -0.3 is 10.1 Å². The molecule has 0 spiro atoms. The molecule has 25 heavy (non-hydrogen) atoms. The maximum absolute atomic E-state index is 12.4. The Morgan fingerprint density at radius 3 is 2.48 bits per heavy atom. The van der Waals surface area contributed by atoms with Crippen molar-refractivity contribution >= 4 is 22.9 Å². The molecule has 1 aromatic heterocycles. The van der Waals surface area contributed by atoms with Crippen LogP contribution in [0, 0.1) is 0 Å². The Hall–Kier alpha value is -2.59. The molecule has 4 heteroatoms. The lowest BCUT2D eigenvalue weighted by Gasteiger charge is -2.07. The second-order valence-electron chi connectivity index (χ2n) is 6.15. The van der Waals surface area contributed by atoms with E-state index in [0.717, 1.165) is 17.0 Å². The van der Waals surface area contributed by atoms with Gasteiger partial charge in [0.1, 0.15) is 12.4 Å². The highest BCUT2D eigenvalue weighted by Crippen LogP contribution is 2.21. The van der Waals surface area contributed by atoms with E-state index in [0.29, 0.717) is 17.4 Å². The number of hydrogen-bond acceptors (Lipinski definition) is 3. The average molecular weight is 351 g/mol. The van der Waals surface area contributed by atoms with Crippen LogP contribution in [0.4, 0.5) is 5.69 Å². The van der Waals surface area contributed by atoms with Gasteiger partial charge in [-0.1, -0.05) is 44.2 Å². The van der Waals surface area contributed by atoms with Gasteiger partial charge in [-0.3, -0.25) is 4.79 Å². The van der Waals surface area contributed by atoms with Crippen LogP contribution in [0.25, 0.3) is 0 Å². The van der Waals surface area contributed by atoms with Crippen LogP contribution in [-0.4, -0.2) is 5.91 Å². The van der Waals surface area contributed by atoms with Crippen molar-refractivity contribution in [1.29, 1.82) is 0 Å². The Kier molecular flexibility index (Phi) is 5.51. The summed E-state index contributed by atoms with van der Waals surface area (Å²) in [5.41, 5.74) is 3.06. The topological polar surface area (TPSA) is 38.3 Å². The lowest BCUT2D eigenvalue weighted by atomic mass is 10.0. The Balaban J connectivity index is 1.58. The van der Waals surface area contributed by atoms with Crippen LogP contribution in [0.2, 0.25) is 0 Å². The first-order valence-electron chi connectivity index (χ1n) is 8.28. The van der Waals surface area contributed by atoms with Crippen LogP contribution in [0.15, 0.2) is 66.0 Å². The first-order valence-corrected chi connectivity index (χ1v) is 9.16. The minimum absolute atomic E-state index is 0.0896. The van der Waals surface area contributed by atoms with E-state index in [1.807, 2.05) is 66.0 Å². The summed E-state index contributed by atoms with van der Waals surface area (Å²) >= 11 is 1.43. The van der Waals surface area contributed by atoms with E-state index in [2.05, 4.69) is 19.2 Å². The fraction of sp³-hybridized carbons (Fsp3) is 0.190. The molecule has 1 amide bonds. The van der Waals surface area contributed by atoms with Crippen molar-refractivity contribution in [3.8, 4) is 5.75 Å². The Labute approximate surface area is 152 Å². The highest BCUT2D eigenvalue weighted by molar-refractivity contribution is 7.12. The van der Waals surface area contributed by atoms with Crippen LogP contribution in [0.1, 0.15) is 40.6 Å². The van der Waals surface area contributed by atoms with Gasteiger partial charge in [0.15, 0.2) is 0 Å². The van der Waals surface area contributed by atoms with Crippen molar-refractivity contribution in [2.75, 3.05) is 5.32 Å². The molecule has 0 aliphatic rings. The zero-order valence-electron chi connectivity index (χ0n) is 14.4. The minimum Gasteiger partial charge on any atom is -0.489 e. The smallest absolute Gasteiger partial charge is 0.265 e. The van der Waals surface area contributed by atoms with Crippen LogP contribution < -0.4 is 10.1 Å². The van der Waals surface area contributed by atoms with Gasteiger partial charge in [0, 0.05) is 11.3 Å². The first-order chi connectivity index (χ1) is 12.1. The second-order valence-corrected chi connectivity index (χ2v) is 7.06. The van der Waals surface area contributed by atoms with E-state index in [9.17, 15) is 4.79 Å². The molecule has 0 atom stereocenters. The van der Waals surface area contributed by atoms with E-state index in [1.165, 1.54) is 16.9 Å². The zero-order valence-corrected chi connectivity index (χ0v) is 15.2. The number of para-hydroxylation sites is 1. The largest absolute Gasteiger partial charge is 0.489 e. The molecule has 2 aromatic carbocycles. The predicted octanol–water partition coefficient (Wildman–Crippen LogP) is 5.70. The molecule has 0 unspecified atom stereocenters. The van der Waals surface area contributed by atoms with Crippen LogP contribution in [-0.2, 0) is 6.61 Å². The number of carbonyl (C=O) groups excluding carboxylic acids is 1. The van der Waals surface area contributed by atoms with E-state index in [4.69, 9.17) is 4.74 Å². The quantitative estimate of drug-likeness (QED) is 0.618. The van der Waals surface area contributed by atoms with E-state index in [-0.39, 0.29) is 5.91 Å². The summed E-state index contributed by atoms with van der Waals surface area (Å²) in [6, 6.07) is 19.5. The van der Waals surface area contributed by atoms with E-state index < -0.39 is 0 Å². The number of carbonyl (C=O) groups is 1. The first kappa shape index (κ1) is 17.2. The van der Waals surface area contributed by atoms with Crippen LogP contribution in [0.5, 0.6) is 5.75 Å². The normalized spacial score (nSPS) is 10.7. The Morgan fingerprint density at radius 1 is 1.08 bits per heavy atom. The lowest BCUT2D eigenvalue weighted by Crippen LogP contribution is -2.10. The number of hydrogen-bond donors (Lipinski definition) is 1. The summed E-state index contributed by atoms with van der Waals surface area (Å²) in [7, 11) is 0. The standard InChI is InChI=1S/C21H21NO2S/c1-15(2)17-8-10-18(11-9-17)22-21(23)20-12-16(14-25-20)13-24-19-6-4-3-5-7-19/h3-12,14-15H,13H2,1-2H3,(H,22,23). The summed E-state index contributed by atoms with van der Waals surface area (Å²) in [6.07, 6.45) is 0. The fourth-order valence-electron chi connectivity index (χ4n) is 2.40.